The lowest BCUT2D eigenvalue weighted by atomic mass is 10.2. The molecule has 0 aliphatic carbocycles. The number of anilines is 2. The number of aliphatic carboxylic acids is 1. The number of thiazole rings is 1. The van der Waals surface area contributed by atoms with Crippen LogP contribution in [0.1, 0.15) is 12.1 Å². The highest BCUT2D eigenvalue weighted by atomic mass is 79.9. The predicted molar refractivity (Wildman–Crippen MR) is 82.0 cm³/mol. The van der Waals surface area contributed by atoms with Crippen molar-refractivity contribution in [3.05, 3.63) is 33.7 Å². The Morgan fingerprint density at radius 3 is 3.05 bits per heavy atom. The van der Waals surface area contributed by atoms with Crippen molar-refractivity contribution in [3.8, 4) is 5.75 Å². The number of nitrogens with one attached hydrogen (secondary N) is 1. The zero-order valence-corrected chi connectivity index (χ0v) is 13.1. The maximum Gasteiger partial charge on any atom is 0.303 e. The number of aromatic nitrogens is 1. The molecule has 0 saturated heterocycles. The maximum absolute atomic E-state index is 10.5. The van der Waals surface area contributed by atoms with Gasteiger partial charge in [0, 0.05) is 22.3 Å². The summed E-state index contributed by atoms with van der Waals surface area (Å²) >= 11 is 4.90. The summed E-state index contributed by atoms with van der Waals surface area (Å²) in [6.07, 6.45) is 0.527. The van der Waals surface area contributed by atoms with E-state index >= 15 is 0 Å². The summed E-state index contributed by atoms with van der Waals surface area (Å²) in [5.41, 5.74) is 1.63. The first-order valence-electron chi connectivity index (χ1n) is 5.85. The lowest BCUT2D eigenvalue weighted by Gasteiger charge is -2.07. The van der Waals surface area contributed by atoms with Gasteiger partial charge in [-0.25, -0.2) is 4.98 Å². The molecule has 20 heavy (non-hydrogen) atoms. The molecule has 0 radical (unpaired) electrons. The molecule has 2 aromatic rings. The molecular formula is C13H13BrN2O3S. The monoisotopic (exact) mass is 356 g/mol. The van der Waals surface area contributed by atoms with E-state index in [1.165, 1.54) is 11.3 Å². The molecule has 2 N–H and O–H groups in total. The van der Waals surface area contributed by atoms with E-state index in [0.717, 1.165) is 26.7 Å². The van der Waals surface area contributed by atoms with Crippen LogP contribution in [-0.4, -0.2) is 23.2 Å². The number of hydrogen-bond donors (Lipinski definition) is 2. The van der Waals surface area contributed by atoms with E-state index in [1.54, 1.807) is 7.11 Å². The average Bonchev–Trinajstić information content (AvgIpc) is 2.86. The second-order valence-electron chi connectivity index (χ2n) is 4.01. The number of hydrogen-bond acceptors (Lipinski definition) is 5. The Balaban J connectivity index is 2.08. The summed E-state index contributed by atoms with van der Waals surface area (Å²) in [6.45, 7) is 0. The Bertz CT molecular complexity index is 615. The Hall–Kier alpha value is -1.60. The summed E-state index contributed by atoms with van der Waals surface area (Å²) in [6, 6.07) is 5.61. The maximum atomic E-state index is 10.5. The summed E-state index contributed by atoms with van der Waals surface area (Å²) in [7, 11) is 1.61. The fourth-order valence-corrected chi connectivity index (χ4v) is 2.66. The van der Waals surface area contributed by atoms with Crippen LogP contribution in [0.2, 0.25) is 0 Å². The summed E-state index contributed by atoms with van der Waals surface area (Å²) in [4.78, 5) is 14.9. The van der Waals surface area contributed by atoms with E-state index in [2.05, 4.69) is 26.2 Å². The van der Waals surface area contributed by atoms with Gasteiger partial charge < -0.3 is 15.2 Å². The fraction of sp³-hybridized carbons (Fsp3) is 0.231. The molecule has 0 bridgehead atoms. The first-order chi connectivity index (χ1) is 9.58. The third-order valence-corrected chi connectivity index (χ3v) is 4.06. The van der Waals surface area contributed by atoms with Crippen molar-refractivity contribution >= 4 is 44.1 Å². The number of methoxy groups -OCH3 is 1. The minimum atomic E-state index is -0.817. The molecule has 5 nitrogen and oxygen atoms in total. The van der Waals surface area contributed by atoms with Crippen LogP contribution in [0.3, 0.4) is 0 Å². The van der Waals surface area contributed by atoms with Crippen LogP contribution < -0.4 is 10.1 Å². The molecule has 1 aromatic carbocycles. The zero-order valence-electron chi connectivity index (χ0n) is 10.7. The Kier molecular flexibility index (Phi) is 4.97. The van der Waals surface area contributed by atoms with Gasteiger partial charge in [0.1, 0.15) is 5.75 Å². The molecule has 0 atom stereocenters. The van der Waals surface area contributed by atoms with Crippen LogP contribution in [0.25, 0.3) is 0 Å². The number of carboxylic acid groups (broad SMARTS) is 1. The molecule has 0 amide bonds. The third kappa shape index (κ3) is 3.94. The molecule has 0 spiro atoms. The molecule has 1 aromatic heterocycles. The first kappa shape index (κ1) is 14.8. The smallest absolute Gasteiger partial charge is 0.303 e. The highest BCUT2D eigenvalue weighted by Crippen LogP contribution is 2.31. The van der Waals surface area contributed by atoms with E-state index in [0.29, 0.717) is 6.42 Å². The Morgan fingerprint density at radius 1 is 1.55 bits per heavy atom. The number of benzene rings is 1. The van der Waals surface area contributed by atoms with Gasteiger partial charge in [-0.3, -0.25) is 4.79 Å². The molecule has 1 heterocycles. The van der Waals surface area contributed by atoms with Crippen LogP contribution in [0, 0.1) is 0 Å². The Labute approximate surface area is 128 Å². The van der Waals surface area contributed by atoms with Crippen molar-refractivity contribution in [2.45, 2.75) is 12.8 Å². The van der Waals surface area contributed by atoms with E-state index in [4.69, 9.17) is 9.84 Å². The number of aryl methyl sites for hydroxylation is 1. The minimum absolute atomic E-state index is 0.0893. The number of carboxylic acids is 1. The van der Waals surface area contributed by atoms with Gasteiger partial charge in [0.25, 0.3) is 0 Å². The number of nitrogens with zero attached hydrogens (tertiary/aromatic N) is 1. The van der Waals surface area contributed by atoms with Gasteiger partial charge in [-0.05, 0) is 28.1 Å². The summed E-state index contributed by atoms with van der Waals surface area (Å²) in [5, 5.41) is 14.4. The normalized spacial score (nSPS) is 10.3. The molecular weight excluding hydrogens is 344 g/mol. The molecule has 0 aliphatic heterocycles. The van der Waals surface area contributed by atoms with Gasteiger partial charge in [-0.2, -0.15) is 0 Å². The van der Waals surface area contributed by atoms with Gasteiger partial charge in [-0.1, -0.05) is 0 Å². The standard InChI is InChI=1S/C13H13BrN2O3S/c1-19-9-3-4-10(14)11(6-9)16-13-15-8(7-20-13)2-5-12(17)18/h3-4,6-7H,2,5H2,1H3,(H,15,16)(H,17,18). The third-order valence-electron chi connectivity index (χ3n) is 2.56. The van der Waals surface area contributed by atoms with E-state index in [-0.39, 0.29) is 6.42 Å². The molecule has 0 saturated carbocycles. The van der Waals surface area contributed by atoms with Gasteiger partial charge in [0.05, 0.1) is 24.9 Å². The van der Waals surface area contributed by atoms with Gasteiger partial charge >= 0.3 is 5.97 Å². The van der Waals surface area contributed by atoms with Gasteiger partial charge in [0.15, 0.2) is 5.13 Å². The molecule has 2 rings (SSSR count). The SMILES string of the molecule is COc1ccc(Br)c(Nc2nc(CCC(=O)O)cs2)c1. The fourth-order valence-electron chi connectivity index (χ4n) is 1.56. The van der Waals surface area contributed by atoms with Gasteiger partial charge in [0.2, 0.25) is 0 Å². The van der Waals surface area contributed by atoms with Crippen molar-refractivity contribution in [2.75, 3.05) is 12.4 Å². The van der Waals surface area contributed by atoms with Crippen molar-refractivity contribution < 1.29 is 14.6 Å². The van der Waals surface area contributed by atoms with Crippen molar-refractivity contribution in [1.29, 1.82) is 0 Å². The molecule has 7 heteroatoms. The highest BCUT2D eigenvalue weighted by Gasteiger charge is 2.07. The quantitative estimate of drug-likeness (QED) is 0.825. The number of rotatable bonds is 6. The second-order valence-corrected chi connectivity index (χ2v) is 5.72. The largest absolute Gasteiger partial charge is 0.497 e. The van der Waals surface area contributed by atoms with Gasteiger partial charge in [-0.15, -0.1) is 11.3 Å². The van der Waals surface area contributed by atoms with E-state index < -0.39 is 5.97 Å². The summed E-state index contributed by atoms with van der Waals surface area (Å²) < 4.78 is 6.08. The first-order valence-corrected chi connectivity index (χ1v) is 7.52. The number of ether oxygens (including phenoxy) is 1. The van der Waals surface area contributed by atoms with Crippen LogP contribution in [0.4, 0.5) is 10.8 Å². The van der Waals surface area contributed by atoms with E-state index in [9.17, 15) is 4.79 Å². The lowest BCUT2D eigenvalue weighted by molar-refractivity contribution is -0.136. The molecule has 0 aliphatic rings. The average molecular weight is 357 g/mol. The van der Waals surface area contributed by atoms with Crippen LogP contribution in [-0.2, 0) is 11.2 Å². The van der Waals surface area contributed by atoms with Crippen LogP contribution in [0.15, 0.2) is 28.1 Å². The number of carbonyl (C=O) groups is 1. The molecule has 0 fully saturated rings. The second kappa shape index (κ2) is 6.71. The van der Waals surface area contributed by atoms with Crippen LogP contribution >= 0.6 is 27.3 Å². The zero-order chi connectivity index (χ0) is 14.5. The predicted octanol–water partition coefficient (Wildman–Crippen LogP) is 3.68. The highest BCUT2D eigenvalue weighted by molar-refractivity contribution is 9.10. The summed E-state index contributed by atoms with van der Waals surface area (Å²) in [5.74, 6) is -0.0681. The molecule has 0 unspecified atom stereocenters. The van der Waals surface area contributed by atoms with Crippen LogP contribution in [0.5, 0.6) is 5.75 Å². The van der Waals surface area contributed by atoms with Crippen molar-refractivity contribution in [3.63, 3.8) is 0 Å². The minimum Gasteiger partial charge on any atom is -0.497 e. The van der Waals surface area contributed by atoms with Crippen molar-refractivity contribution in [2.24, 2.45) is 0 Å². The number of halogens is 1. The van der Waals surface area contributed by atoms with E-state index in [1.807, 2.05) is 23.6 Å². The lowest BCUT2D eigenvalue weighted by Crippen LogP contribution is -1.98. The Morgan fingerprint density at radius 2 is 2.35 bits per heavy atom. The van der Waals surface area contributed by atoms with Crippen molar-refractivity contribution in [1.82, 2.24) is 4.98 Å². The molecule has 106 valence electrons. The topological polar surface area (TPSA) is 71.5 Å².